The molecule has 0 fully saturated rings. The van der Waals surface area contributed by atoms with Gasteiger partial charge in [-0.1, -0.05) is 67.2 Å². The Balaban J connectivity index is 1.92. The lowest BCUT2D eigenvalue weighted by Crippen LogP contribution is -2.46. The van der Waals surface area contributed by atoms with Gasteiger partial charge in [0.15, 0.2) is 0 Å². The van der Waals surface area contributed by atoms with E-state index in [9.17, 15) is 10.1 Å². The Kier molecular flexibility index (Phi) is 6.82. The van der Waals surface area contributed by atoms with Gasteiger partial charge in [0.2, 0.25) is 12.0 Å². The van der Waals surface area contributed by atoms with Crippen molar-refractivity contribution < 1.29 is 14.4 Å². The summed E-state index contributed by atoms with van der Waals surface area (Å²) in [6.45, 7) is 4.22. The highest BCUT2D eigenvalue weighted by Crippen LogP contribution is 2.27. The fraction of sp³-hybridized carbons (Fsp3) is 0.227. The molecule has 1 aliphatic rings. The molecule has 2 aromatic carbocycles. The third-order valence-corrected chi connectivity index (χ3v) is 4.42. The maximum absolute atomic E-state index is 11.9. The summed E-state index contributed by atoms with van der Waals surface area (Å²) in [6.07, 6.45) is 0.383. The Hall–Kier alpha value is -3.65. The molecular weight excluding hydrogens is 384 g/mol. The zero-order valence-corrected chi connectivity index (χ0v) is 17.0. The first-order valence-electron chi connectivity index (χ1n) is 9.39. The maximum atomic E-state index is 11.9. The number of rotatable bonds is 8. The number of amidine groups is 1. The van der Waals surface area contributed by atoms with Gasteiger partial charge in [0, 0.05) is 20.3 Å². The van der Waals surface area contributed by atoms with Crippen LogP contribution in [0.25, 0.3) is 0 Å². The van der Waals surface area contributed by atoms with E-state index in [1.165, 1.54) is 11.1 Å². The molecule has 0 spiro atoms. The molecule has 8 nitrogen and oxygen atoms in total. The lowest BCUT2D eigenvalue weighted by Gasteiger charge is -2.33. The van der Waals surface area contributed by atoms with E-state index in [1.807, 2.05) is 60.7 Å². The van der Waals surface area contributed by atoms with Crippen LogP contribution in [0.1, 0.15) is 11.1 Å². The molecule has 8 heteroatoms. The highest BCUT2D eigenvalue weighted by atomic mass is 16.6. The molecule has 2 aromatic rings. The molecule has 0 saturated carbocycles. The van der Waals surface area contributed by atoms with Gasteiger partial charge in [-0.15, -0.1) is 0 Å². The molecule has 0 N–H and O–H groups in total. The largest absolute Gasteiger partial charge is 0.460 e. The van der Waals surface area contributed by atoms with Gasteiger partial charge in [0.1, 0.15) is 6.61 Å². The molecular formula is C22H24N4O4. The predicted octanol–water partition coefficient (Wildman–Crippen LogP) is 3.57. The molecule has 1 atom stereocenters. The summed E-state index contributed by atoms with van der Waals surface area (Å²) in [7, 11) is 3.38. The summed E-state index contributed by atoms with van der Waals surface area (Å²) in [5.74, 6) is 0.166. The van der Waals surface area contributed by atoms with Crippen molar-refractivity contribution in [3.8, 4) is 0 Å². The lowest BCUT2D eigenvalue weighted by atomic mass is 10.2. The van der Waals surface area contributed by atoms with Crippen molar-refractivity contribution in [2.75, 3.05) is 14.1 Å². The first-order valence-corrected chi connectivity index (χ1v) is 9.39. The van der Waals surface area contributed by atoms with E-state index in [2.05, 4.69) is 11.6 Å². The fourth-order valence-corrected chi connectivity index (χ4v) is 2.96. The number of aliphatic imine (C=N–C) groups is 1. The number of hydrogen-bond donors (Lipinski definition) is 0. The quantitative estimate of drug-likeness (QED) is 0.491. The molecule has 0 amide bonds. The second-order valence-electron chi connectivity index (χ2n) is 6.77. The van der Waals surface area contributed by atoms with Crippen LogP contribution in [0.2, 0.25) is 0 Å². The van der Waals surface area contributed by atoms with Crippen molar-refractivity contribution in [3.05, 3.63) is 106 Å². The number of nitro groups is 1. The third kappa shape index (κ3) is 4.84. The van der Waals surface area contributed by atoms with Gasteiger partial charge < -0.3 is 14.4 Å². The summed E-state index contributed by atoms with van der Waals surface area (Å²) in [5, 5.41) is 11.9. The van der Waals surface area contributed by atoms with Crippen molar-refractivity contribution in [2.24, 2.45) is 4.99 Å². The standard InChI is InChI=1S/C22H24N4O4/c1-4-25-21(29-15-17-11-7-5-8-12-17)19(26(27)28)20(24(2)3)23-22(25)30-16-18-13-9-6-10-14-18/h4-14,21H,1,15-16H2,2-3H3. The molecule has 1 aliphatic heterocycles. The molecule has 0 radical (unpaired) electrons. The topological polar surface area (TPSA) is 80.4 Å². The first-order chi connectivity index (χ1) is 14.5. The van der Waals surface area contributed by atoms with Crippen LogP contribution in [-0.2, 0) is 22.7 Å². The smallest absolute Gasteiger partial charge is 0.337 e. The molecule has 3 rings (SSSR count). The van der Waals surface area contributed by atoms with Crippen molar-refractivity contribution >= 4 is 6.02 Å². The van der Waals surface area contributed by atoms with E-state index in [0.717, 1.165) is 11.1 Å². The van der Waals surface area contributed by atoms with Crippen molar-refractivity contribution in [3.63, 3.8) is 0 Å². The summed E-state index contributed by atoms with van der Waals surface area (Å²) in [5.41, 5.74) is 1.66. The summed E-state index contributed by atoms with van der Waals surface area (Å²) >= 11 is 0. The van der Waals surface area contributed by atoms with Crippen LogP contribution in [0.5, 0.6) is 0 Å². The second-order valence-corrected chi connectivity index (χ2v) is 6.77. The van der Waals surface area contributed by atoms with E-state index in [-0.39, 0.29) is 30.8 Å². The molecule has 0 aromatic heterocycles. The molecule has 0 bridgehead atoms. The average molecular weight is 408 g/mol. The zero-order valence-electron chi connectivity index (χ0n) is 17.0. The van der Waals surface area contributed by atoms with Gasteiger partial charge in [-0.2, -0.15) is 4.99 Å². The predicted molar refractivity (Wildman–Crippen MR) is 113 cm³/mol. The van der Waals surface area contributed by atoms with Gasteiger partial charge in [-0.3, -0.25) is 15.0 Å². The number of benzene rings is 2. The Morgan fingerprint density at radius 2 is 1.67 bits per heavy atom. The van der Waals surface area contributed by atoms with E-state index in [1.54, 1.807) is 19.0 Å². The molecule has 1 unspecified atom stereocenters. The van der Waals surface area contributed by atoms with Crippen LogP contribution in [0, 0.1) is 10.1 Å². The fourth-order valence-electron chi connectivity index (χ4n) is 2.96. The number of nitrogens with zero attached hydrogens (tertiary/aromatic N) is 4. The third-order valence-electron chi connectivity index (χ3n) is 4.42. The van der Waals surface area contributed by atoms with E-state index < -0.39 is 11.2 Å². The highest BCUT2D eigenvalue weighted by Gasteiger charge is 2.42. The van der Waals surface area contributed by atoms with Crippen molar-refractivity contribution in [1.82, 2.24) is 9.80 Å². The first kappa shape index (κ1) is 21.1. The molecule has 30 heavy (non-hydrogen) atoms. The number of hydrogen-bond acceptors (Lipinski definition) is 7. The van der Waals surface area contributed by atoms with Crippen LogP contribution in [0.4, 0.5) is 0 Å². The summed E-state index contributed by atoms with van der Waals surface area (Å²) < 4.78 is 11.9. The summed E-state index contributed by atoms with van der Waals surface area (Å²) in [6, 6.07) is 19.2. The van der Waals surface area contributed by atoms with Crippen molar-refractivity contribution in [1.29, 1.82) is 0 Å². The minimum atomic E-state index is -1.04. The van der Waals surface area contributed by atoms with Gasteiger partial charge in [-0.25, -0.2) is 0 Å². The molecule has 0 saturated heterocycles. The van der Waals surface area contributed by atoms with Gasteiger partial charge in [-0.05, 0) is 11.1 Å². The highest BCUT2D eigenvalue weighted by molar-refractivity contribution is 5.78. The molecule has 1 heterocycles. The Morgan fingerprint density at radius 3 is 2.17 bits per heavy atom. The van der Waals surface area contributed by atoms with Gasteiger partial charge >= 0.3 is 11.7 Å². The van der Waals surface area contributed by atoms with Gasteiger partial charge in [0.25, 0.3) is 0 Å². The van der Waals surface area contributed by atoms with Crippen LogP contribution in [0.15, 0.2) is 90.0 Å². The normalized spacial score (nSPS) is 16.1. The SMILES string of the molecule is C=CN1C(OCc2ccccc2)=NC(N(C)C)=C([N+](=O)[O-])C1OCc1ccccc1. The van der Waals surface area contributed by atoms with Crippen molar-refractivity contribution in [2.45, 2.75) is 19.4 Å². The van der Waals surface area contributed by atoms with Crippen LogP contribution < -0.4 is 0 Å². The van der Waals surface area contributed by atoms with Gasteiger partial charge in [0.05, 0.1) is 11.5 Å². The number of ether oxygens (including phenoxy) is 2. The minimum Gasteiger partial charge on any atom is -0.460 e. The van der Waals surface area contributed by atoms with E-state index in [4.69, 9.17) is 9.47 Å². The van der Waals surface area contributed by atoms with Crippen LogP contribution in [0.3, 0.4) is 0 Å². The average Bonchev–Trinajstić information content (AvgIpc) is 2.76. The minimum absolute atomic E-state index is 0.166. The van der Waals surface area contributed by atoms with E-state index in [0.29, 0.717) is 0 Å². The van der Waals surface area contributed by atoms with Crippen LogP contribution >= 0.6 is 0 Å². The Morgan fingerprint density at radius 1 is 1.10 bits per heavy atom. The van der Waals surface area contributed by atoms with E-state index >= 15 is 0 Å². The summed E-state index contributed by atoms with van der Waals surface area (Å²) in [4.78, 5) is 18.8. The Labute approximate surface area is 175 Å². The maximum Gasteiger partial charge on any atom is 0.337 e. The van der Waals surface area contributed by atoms with Crippen LogP contribution in [-0.4, -0.2) is 41.1 Å². The Bertz CT molecular complexity index is 942. The lowest BCUT2D eigenvalue weighted by molar-refractivity contribution is -0.444. The molecule has 0 aliphatic carbocycles. The molecule has 156 valence electrons. The zero-order chi connectivity index (χ0) is 21.5. The second kappa shape index (κ2) is 9.71. The monoisotopic (exact) mass is 408 g/mol.